The quantitative estimate of drug-likeness (QED) is 0.911. The molecule has 0 saturated heterocycles. The van der Waals surface area contributed by atoms with Crippen LogP contribution in [0.15, 0.2) is 24.4 Å². The highest BCUT2D eigenvalue weighted by atomic mass is 16.5. The largest absolute Gasteiger partial charge is 0.372 e. The lowest BCUT2D eigenvalue weighted by atomic mass is 9.92. The maximum atomic E-state index is 12.7. The van der Waals surface area contributed by atoms with Crippen molar-refractivity contribution in [2.24, 2.45) is 0 Å². The molecule has 0 saturated carbocycles. The number of benzene rings is 1. The smallest absolute Gasteiger partial charge is 0.251 e. The lowest BCUT2D eigenvalue weighted by Crippen LogP contribution is -2.32. The predicted molar refractivity (Wildman–Crippen MR) is 95.3 cm³/mol. The Balaban J connectivity index is 1.56. The molecule has 0 bridgehead atoms. The fourth-order valence-electron chi connectivity index (χ4n) is 3.84. The number of nitrogens with one attached hydrogen (secondary N) is 1. The van der Waals surface area contributed by atoms with Crippen LogP contribution >= 0.6 is 0 Å². The second-order valence-electron chi connectivity index (χ2n) is 8.02. The van der Waals surface area contributed by atoms with Crippen molar-refractivity contribution in [3.8, 4) is 0 Å². The van der Waals surface area contributed by atoms with Crippen molar-refractivity contribution in [1.82, 2.24) is 15.1 Å². The predicted octanol–water partition coefficient (Wildman–Crippen LogP) is 3.48. The zero-order valence-electron chi connectivity index (χ0n) is 15.1. The molecule has 0 spiro atoms. The average molecular weight is 339 g/mol. The third-order valence-corrected chi connectivity index (χ3v) is 5.11. The van der Waals surface area contributed by atoms with Gasteiger partial charge in [-0.15, -0.1) is 0 Å². The van der Waals surface area contributed by atoms with E-state index in [9.17, 15) is 4.79 Å². The van der Waals surface area contributed by atoms with Gasteiger partial charge < -0.3 is 10.1 Å². The molecule has 1 N–H and O–H groups in total. The van der Waals surface area contributed by atoms with Gasteiger partial charge in [-0.1, -0.05) is 6.07 Å². The summed E-state index contributed by atoms with van der Waals surface area (Å²) in [6, 6.07) is 5.89. The molecule has 1 aliphatic carbocycles. The molecule has 5 nitrogen and oxygen atoms in total. The second kappa shape index (κ2) is 5.99. The SMILES string of the molecule is CC(C)(C)n1ncc2c1CCCC2NC(=O)c1ccc2c(c1)COC2. The summed E-state index contributed by atoms with van der Waals surface area (Å²) in [7, 11) is 0. The van der Waals surface area contributed by atoms with Crippen molar-refractivity contribution in [2.75, 3.05) is 0 Å². The van der Waals surface area contributed by atoms with E-state index in [2.05, 4.69) is 35.9 Å². The molecule has 0 fully saturated rings. The third-order valence-electron chi connectivity index (χ3n) is 5.11. The molecular weight excluding hydrogens is 314 g/mol. The summed E-state index contributed by atoms with van der Waals surface area (Å²) < 4.78 is 7.54. The maximum Gasteiger partial charge on any atom is 0.251 e. The Morgan fingerprint density at radius 1 is 1.28 bits per heavy atom. The number of carbonyl (C=O) groups is 1. The minimum Gasteiger partial charge on any atom is -0.372 e. The Hall–Kier alpha value is -2.14. The van der Waals surface area contributed by atoms with Gasteiger partial charge >= 0.3 is 0 Å². The first-order valence-electron chi connectivity index (χ1n) is 9.01. The van der Waals surface area contributed by atoms with Gasteiger partial charge in [0, 0.05) is 16.8 Å². The fourth-order valence-corrected chi connectivity index (χ4v) is 3.84. The first-order chi connectivity index (χ1) is 11.9. The van der Waals surface area contributed by atoms with Crippen molar-refractivity contribution in [3.63, 3.8) is 0 Å². The number of hydrogen-bond donors (Lipinski definition) is 1. The molecule has 4 rings (SSSR count). The molecule has 2 heterocycles. The highest BCUT2D eigenvalue weighted by Gasteiger charge is 2.29. The van der Waals surface area contributed by atoms with Crippen LogP contribution in [0, 0.1) is 0 Å². The molecular formula is C20H25N3O2. The van der Waals surface area contributed by atoms with Crippen molar-refractivity contribution >= 4 is 5.91 Å². The van der Waals surface area contributed by atoms with E-state index in [-0.39, 0.29) is 17.5 Å². The summed E-state index contributed by atoms with van der Waals surface area (Å²) in [5, 5.41) is 7.81. The lowest BCUT2D eigenvalue weighted by molar-refractivity contribution is 0.0932. The summed E-state index contributed by atoms with van der Waals surface area (Å²) >= 11 is 0. The Morgan fingerprint density at radius 3 is 2.88 bits per heavy atom. The minimum absolute atomic E-state index is 0.0175. The summed E-state index contributed by atoms with van der Waals surface area (Å²) in [6.45, 7) is 7.73. The van der Waals surface area contributed by atoms with Gasteiger partial charge in [-0.05, 0) is 63.3 Å². The van der Waals surface area contributed by atoms with Crippen LogP contribution < -0.4 is 5.32 Å². The van der Waals surface area contributed by atoms with Crippen molar-refractivity contribution in [1.29, 1.82) is 0 Å². The molecule has 1 amide bonds. The van der Waals surface area contributed by atoms with E-state index < -0.39 is 0 Å². The second-order valence-corrected chi connectivity index (χ2v) is 8.02. The van der Waals surface area contributed by atoms with Crippen LogP contribution in [0.1, 0.15) is 72.4 Å². The number of nitrogens with zero attached hydrogens (tertiary/aromatic N) is 2. The number of fused-ring (bicyclic) bond motifs is 2. The normalized spacial score (nSPS) is 19.4. The highest BCUT2D eigenvalue weighted by molar-refractivity contribution is 5.94. The van der Waals surface area contributed by atoms with E-state index >= 15 is 0 Å². The van der Waals surface area contributed by atoms with Gasteiger partial charge in [-0.25, -0.2) is 0 Å². The molecule has 2 aromatic rings. The van der Waals surface area contributed by atoms with E-state index in [1.165, 1.54) is 16.8 Å². The topological polar surface area (TPSA) is 56.2 Å². The van der Waals surface area contributed by atoms with Gasteiger partial charge in [0.05, 0.1) is 31.0 Å². The first kappa shape index (κ1) is 16.3. The van der Waals surface area contributed by atoms with Gasteiger partial charge in [-0.3, -0.25) is 9.48 Å². The summed E-state index contributed by atoms with van der Waals surface area (Å²) in [5.41, 5.74) is 5.39. The van der Waals surface area contributed by atoms with E-state index in [0.717, 1.165) is 24.8 Å². The molecule has 132 valence electrons. The van der Waals surface area contributed by atoms with E-state index in [1.54, 1.807) is 0 Å². The monoisotopic (exact) mass is 339 g/mol. The van der Waals surface area contributed by atoms with Crippen LogP contribution in [0.25, 0.3) is 0 Å². The van der Waals surface area contributed by atoms with Crippen molar-refractivity contribution < 1.29 is 9.53 Å². The van der Waals surface area contributed by atoms with E-state index in [1.807, 2.05) is 24.4 Å². The number of rotatable bonds is 2. The van der Waals surface area contributed by atoms with E-state index in [0.29, 0.717) is 18.8 Å². The molecule has 5 heteroatoms. The number of carbonyl (C=O) groups excluding carboxylic acids is 1. The lowest BCUT2D eigenvalue weighted by Gasteiger charge is -2.28. The van der Waals surface area contributed by atoms with Crippen molar-refractivity contribution in [2.45, 2.75) is 64.8 Å². The minimum atomic E-state index is -0.0422. The zero-order chi connectivity index (χ0) is 17.6. The third kappa shape index (κ3) is 2.97. The molecule has 1 atom stereocenters. The Morgan fingerprint density at radius 2 is 2.08 bits per heavy atom. The number of aromatic nitrogens is 2. The zero-order valence-corrected chi connectivity index (χ0v) is 15.1. The average Bonchev–Trinajstić information content (AvgIpc) is 3.20. The van der Waals surface area contributed by atoms with Crippen LogP contribution in [0.2, 0.25) is 0 Å². The van der Waals surface area contributed by atoms with Gasteiger partial charge in [0.15, 0.2) is 0 Å². The number of hydrogen-bond acceptors (Lipinski definition) is 3. The van der Waals surface area contributed by atoms with Crippen LogP contribution in [0.5, 0.6) is 0 Å². The number of ether oxygens (including phenoxy) is 1. The van der Waals surface area contributed by atoms with E-state index in [4.69, 9.17) is 4.74 Å². The summed E-state index contributed by atoms with van der Waals surface area (Å²) in [4.78, 5) is 12.7. The van der Waals surface area contributed by atoms with Gasteiger partial charge in [0.2, 0.25) is 0 Å². The molecule has 1 aromatic carbocycles. The summed E-state index contributed by atoms with van der Waals surface area (Å²) in [5.74, 6) is -0.0175. The van der Waals surface area contributed by atoms with Gasteiger partial charge in [-0.2, -0.15) is 5.10 Å². The first-order valence-corrected chi connectivity index (χ1v) is 9.01. The standard InChI is InChI=1S/C20H25N3O2/c1-20(2,3)23-18-6-4-5-17(16(18)10-21-23)22-19(24)13-7-8-14-11-25-12-15(14)9-13/h7-10,17H,4-6,11-12H2,1-3H3,(H,22,24). The molecule has 1 aliphatic heterocycles. The molecule has 1 aromatic heterocycles. The highest BCUT2D eigenvalue weighted by Crippen LogP contribution is 2.32. The Labute approximate surface area is 148 Å². The van der Waals surface area contributed by atoms with Crippen LogP contribution in [0.3, 0.4) is 0 Å². The fraction of sp³-hybridized carbons (Fsp3) is 0.500. The van der Waals surface area contributed by atoms with Crippen LogP contribution in [0.4, 0.5) is 0 Å². The number of amides is 1. The van der Waals surface area contributed by atoms with Crippen LogP contribution in [-0.4, -0.2) is 15.7 Å². The van der Waals surface area contributed by atoms with Gasteiger partial charge in [0.1, 0.15) is 0 Å². The summed E-state index contributed by atoms with van der Waals surface area (Å²) in [6.07, 6.45) is 4.98. The molecule has 0 radical (unpaired) electrons. The van der Waals surface area contributed by atoms with Crippen LogP contribution in [-0.2, 0) is 29.9 Å². The molecule has 25 heavy (non-hydrogen) atoms. The molecule has 2 aliphatic rings. The molecule has 1 unspecified atom stereocenters. The van der Waals surface area contributed by atoms with Gasteiger partial charge in [0.25, 0.3) is 5.91 Å². The Kier molecular flexibility index (Phi) is 3.91. The maximum absolute atomic E-state index is 12.7. The van der Waals surface area contributed by atoms with Crippen molar-refractivity contribution in [3.05, 3.63) is 52.3 Å². The Bertz CT molecular complexity index is 817.